The normalized spacial score (nSPS) is 16.9. The van der Waals surface area contributed by atoms with E-state index in [0.717, 1.165) is 6.42 Å². The van der Waals surface area contributed by atoms with Gasteiger partial charge in [-0.1, -0.05) is 30.3 Å². The summed E-state index contributed by atoms with van der Waals surface area (Å²) >= 11 is 0. The number of para-hydroxylation sites is 2. The van der Waals surface area contributed by atoms with E-state index in [4.69, 9.17) is 9.47 Å². The molecule has 7 heteroatoms. The summed E-state index contributed by atoms with van der Waals surface area (Å²) in [5, 5.41) is 0. The number of hydrogen-bond donors (Lipinski definition) is 0. The lowest BCUT2D eigenvalue weighted by atomic mass is 10.2. The van der Waals surface area contributed by atoms with Gasteiger partial charge in [0.05, 0.1) is 17.8 Å². The molecular formula is C20H23NO5S. The number of likely N-dealkylation sites (tertiary alicyclic amines) is 1. The van der Waals surface area contributed by atoms with E-state index in [0.29, 0.717) is 24.5 Å². The maximum atomic E-state index is 12.6. The molecule has 1 heterocycles. The van der Waals surface area contributed by atoms with Gasteiger partial charge in [0.25, 0.3) is 5.91 Å². The quantitative estimate of drug-likeness (QED) is 0.728. The average Bonchev–Trinajstić information content (AvgIpc) is 3.14. The van der Waals surface area contributed by atoms with E-state index >= 15 is 0 Å². The van der Waals surface area contributed by atoms with E-state index in [1.807, 2.05) is 6.07 Å². The predicted octanol–water partition coefficient (Wildman–Crippen LogP) is 2.54. The number of nitrogens with zero attached hydrogens (tertiary/aromatic N) is 1. The number of amides is 1. The number of benzene rings is 2. The Morgan fingerprint density at radius 3 is 2.44 bits per heavy atom. The zero-order valence-corrected chi connectivity index (χ0v) is 16.0. The molecule has 27 heavy (non-hydrogen) atoms. The minimum atomic E-state index is -3.44. The third-order valence-corrected chi connectivity index (χ3v) is 6.45. The zero-order chi connectivity index (χ0) is 19.3. The minimum Gasteiger partial charge on any atom is -0.493 e. The largest absolute Gasteiger partial charge is 0.493 e. The van der Waals surface area contributed by atoms with Gasteiger partial charge in [-0.3, -0.25) is 4.79 Å². The summed E-state index contributed by atoms with van der Waals surface area (Å²) < 4.78 is 36.1. The summed E-state index contributed by atoms with van der Waals surface area (Å²) in [6.45, 7) is 0.394. The minimum absolute atomic E-state index is 0.0720. The second-order valence-electron chi connectivity index (χ2n) is 6.42. The van der Waals surface area contributed by atoms with Crippen molar-refractivity contribution in [3.8, 4) is 11.5 Å². The van der Waals surface area contributed by atoms with E-state index in [2.05, 4.69) is 0 Å². The molecule has 2 aromatic carbocycles. The van der Waals surface area contributed by atoms with Crippen molar-refractivity contribution in [3.05, 3.63) is 54.6 Å². The van der Waals surface area contributed by atoms with E-state index in [1.165, 1.54) is 7.11 Å². The molecule has 0 unspecified atom stereocenters. The van der Waals surface area contributed by atoms with Crippen molar-refractivity contribution < 1.29 is 22.7 Å². The molecule has 144 valence electrons. The van der Waals surface area contributed by atoms with Gasteiger partial charge in [-0.05, 0) is 37.1 Å². The summed E-state index contributed by atoms with van der Waals surface area (Å²) in [6, 6.07) is 15.1. The maximum absolute atomic E-state index is 12.6. The number of carbonyl (C=O) groups is 1. The van der Waals surface area contributed by atoms with Crippen LogP contribution in [0.3, 0.4) is 0 Å². The van der Waals surface area contributed by atoms with E-state index < -0.39 is 9.84 Å². The molecule has 1 fully saturated rings. The van der Waals surface area contributed by atoms with Gasteiger partial charge < -0.3 is 14.4 Å². The Balaban J connectivity index is 1.64. The number of sulfone groups is 1. The highest BCUT2D eigenvalue weighted by Gasteiger charge is 2.33. The standard InChI is InChI=1S/C20H23NO5S/c1-25-18-11-5-6-12-19(18)26-14-20(22)21-13-7-8-16(21)15-27(23,24)17-9-3-2-4-10-17/h2-6,9-12,16H,7-8,13-15H2,1H3/t16-/m1/s1. The Morgan fingerprint density at radius 2 is 1.74 bits per heavy atom. The lowest BCUT2D eigenvalue weighted by molar-refractivity contribution is -0.133. The molecule has 2 aromatic rings. The molecule has 0 saturated carbocycles. The molecule has 0 bridgehead atoms. The first-order valence-electron chi connectivity index (χ1n) is 8.84. The lowest BCUT2D eigenvalue weighted by Crippen LogP contribution is -2.42. The van der Waals surface area contributed by atoms with Crippen LogP contribution < -0.4 is 9.47 Å². The molecule has 0 aromatic heterocycles. The number of carbonyl (C=O) groups excluding carboxylic acids is 1. The molecule has 0 N–H and O–H groups in total. The van der Waals surface area contributed by atoms with Crippen molar-refractivity contribution >= 4 is 15.7 Å². The Kier molecular flexibility index (Phi) is 6.01. The smallest absolute Gasteiger partial charge is 0.260 e. The highest BCUT2D eigenvalue weighted by Crippen LogP contribution is 2.26. The molecule has 0 spiro atoms. The van der Waals surface area contributed by atoms with Gasteiger partial charge in [-0.2, -0.15) is 0 Å². The molecular weight excluding hydrogens is 366 g/mol. The number of methoxy groups -OCH3 is 1. The third-order valence-electron chi connectivity index (χ3n) is 4.63. The van der Waals surface area contributed by atoms with Gasteiger partial charge in [0.15, 0.2) is 27.9 Å². The molecule has 1 aliphatic rings. The van der Waals surface area contributed by atoms with Crippen LogP contribution in [-0.2, 0) is 14.6 Å². The topological polar surface area (TPSA) is 72.9 Å². The molecule has 1 atom stereocenters. The Hall–Kier alpha value is -2.54. The lowest BCUT2D eigenvalue weighted by Gasteiger charge is -2.25. The highest BCUT2D eigenvalue weighted by molar-refractivity contribution is 7.91. The van der Waals surface area contributed by atoms with Crippen LogP contribution in [0.4, 0.5) is 0 Å². The van der Waals surface area contributed by atoms with Gasteiger partial charge in [0, 0.05) is 12.6 Å². The van der Waals surface area contributed by atoms with E-state index in [9.17, 15) is 13.2 Å². The van der Waals surface area contributed by atoms with Gasteiger partial charge in [0.1, 0.15) is 0 Å². The summed E-state index contributed by atoms with van der Waals surface area (Å²) in [5.41, 5.74) is 0. The first-order valence-corrected chi connectivity index (χ1v) is 10.5. The van der Waals surface area contributed by atoms with Crippen LogP contribution in [0.25, 0.3) is 0 Å². The van der Waals surface area contributed by atoms with Crippen molar-refractivity contribution in [2.75, 3.05) is 26.0 Å². The van der Waals surface area contributed by atoms with Crippen molar-refractivity contribution in [1.82, 2.24) is 4.90 Å². The molecule has 1 saturated heterocycles. The fraction of sp³-hybridized carbons (Fsp3) is 0.350. The van der Waals surface area contributed by atoms with Crippen molar-refractivity contribution in [2.24, 2.45) is 0 Å². The van der Waals surface area contributed by atoms with E-state index in [1.54, 1.807) is 53.4 Å². The predicted molar refractivity (Wildman–Crippen MR) is 102 cm³/mol. The summed E-state index contributed by atoms with van der Waals surface area (Å²) in [5.74, 6) is 0.750. The molecule has 1 aliphatic heterocycles. The average molecular weight is 389 g/mol. The summed E-state index contributed by atoms with van der Waals surface area (Å²) in [7, 11) is -1.91. The Bertz CT molecular complexity index is 882. The Morgan fingerprint density at radius 1 is 1.07 bits per heavy atom. The monoisotopic (exact) mass is 389 g/mol. The van der Waals surface area contributed by atoms with Gasteiger partial charge in [0.2, 0.25) is 0 Å². The van der Waals surface area contributed by atoms with Gasteiger partial charge in [-0.15, -0.1) is 0 Å². The van der Waals surface area contributed by atoms with Crippen LogP contribution in [-0.4, -0.2) is 51.3 Å². The number of rotatable bonds is 7. The first kappa shape index (κ1) is 19.2. The van der Waals surface area contributed by atoms with Crippen LogP contribution in [0.15, 0.2) is 59.5 Å². The number of ether oxygens (including phenoxy) is 2. The van der Waals surface area contributed by atoms with Crippen LogP contribution in [0.1, 0.15) is 12.8 Å². The summed E-state index contributed by atoms with van der Waals surface area (Å²) in [6.07, 6.45) is 1.46. The first-order chi connectivity index (χ1) is 13.0. The molecule has 3 rings (SSSR count). The highest BCUT2D eigenvalue weighted by atomic mass is 32.2. The summed E-state index contributed by atoms with van der Waals surface area (Å²) in [4.78, 5) is 14.5. The maximum Gasteiger partial charge on any atom is 0.260 e. The second-order valence-corrected chi connectivity index (χ2v) is 8.45. The van der Waals surface area contributed by atoms with Crippen molar-refractivity contribution in [2.45, 2.75) is 23.8 Å². The number of hydrogen-bond acceptors (Lipinski definition) is 5. The van der Waals surface area contributed by atoms with Gasteiger partial charge >= 0.3 is 0 Å². The van der Waals surface area contributed by atoms with Crippen molar-refractivity contribution in [1.29, 1.82) is 0 Å². The van der Waals surface area contributed by atoms with Crippen LogP contribution in [0.2, 0.25) is 0 Å². The second kappa shape index (κ2) is 8.43. The molecule has 0 aliphatic carbocycles. The SMILES string of the molecule is COc1ccccc1OCC(=O)N1CCC[C@@H]1CS(=O)(=O)c1ccccc1. The molecule has 1 amide bonds. The molecule has 6 nitrogen and oxygen atoms in total. The van der Waals surface area contributed by atoms with E-state index in [-0.39, 0.29) is 29.2 Å². The fourth-order valence-corrected chi connectivity index (χ4v) is 4.89. The van der Waals surface area contributed by atoms with Gasteiger partial charge in [-0.25, -0.2) is 8.42 Å². The molecule has 0 radical (unpaired) electrons. The zero-order valence-electron chi connectivity index (χ0n) is 15.2. The third kappa shape index (κ3) is 4.60. The van der Waals surface area contributed by atoms with Crippen LogP contribution in [0.5, 0.6) is 11.5 Å². The van der Waals surface area contributed by atoms with Crippen molar-refractivity contribution in [3.63, 3.8) is 0 Å². The fourth-order valence-electron chi connectivity index (χ4n) is 3.28. The van der Waals surface area contributed by atoms with Crippen LogP contribution in [0, 0.1) is 0 Å². The van der Waals surface area contributed by atoms with Crippen LogP contribution >= 0.6 is 0 Å². The Labute approximate surface area is 159 Å².